The number of alkyl halides is 3. The number of benzene rings is 3. The van der Waals surface area contributed by atoms with Crippen molar-refractivity contribution in [1.29, 1.82) is 0 Å². The molecule has 9 heteroatoms. The molecule has 41 heavy (non-hydrogen) atoms. The Hall–Kier alpha value is -2.94. The van der Waals surface area contributed by atoms with E-state index in [4.69, 9.17) is 4.74 Å². The SMILES string of the molecule is CCCCC1CCCCC1(OC(F)(F)F)C(CC)c1c(F)c(F)c(-c2ccc(-c3ccccc3)cc2F)c(F)c1F. The summed E-state index contributed by atoms with van der Waals surface area (Å²) in [6, 6.07) is 11.9. The lowest BCUT2D eigenvalue weighted by atomic mass is 9.63. The van der Waals surface area contributed by atoms with Gasteiger partial charge in [-0.15, -0.1) is 13.2 Å². The van der Waals surface area contributed by atoms with Crippen molar-refractivity contribution in [3.63, 3.8) is 0 Å². The minimum absolute atomic E-state index is 0.182. The third kappa shape index (κ3) is 6.15. The largest absolute Gasteiger partial charge is 0.523 e. The zero-order valence-corrected chi connectivity index (χ0v) is 22.9. The summed E-state index contributed by atoms with van der Waals surface area (Å²) < 4.78 is 124. The Balaban J connectivity index is 1.87. The fourth-order valence-electron chi connectivity index (χ4n) is 6.47. The maximum atomic E-state index is 15.8. The lowest BCUT2D eigenvalue weighted by molar-refractivity contribution is -0.384. The number of halogens is 8. The normalized spacial score (nSPS) is 20.3. The average Bonchev–Trinajstić information content (AvgIpc) is 2.94. The van der Waals surface area contributed by atoms with E-state index in [2.05, 4.69) is 0 Å². The number of rotatable bonds is 9. The third-order valence-electron chi connectivity index (χ3n) is 8.26. The topological polar surface area (TPSA) is 9.23 Å². The van der Waals surface area contributed by atoms with Gasteiger partial charge in [-0.3, -0.25) is 4.74 Å². The predicted molar refractivity (Wildman–Crippen MR) is 141 cm³/mol. The van der Waals surface area contributed by atoms with Crippen molar-refractivity contribution in [2.24, 2.45) is 5.92 Å². The lowest BCUT2D eigenvalue weighted by Gasteiger charge is -2.49. The first kappa shape index (κ1) is 31.0. The van der Waals surface area contributed by atoms with Gasteiger partial charge in [-0.25, -0.2) is 22.0 Å². The molecule has 0 radical (unpaired) electrons. The zero-order chi connectivity index (χ0) is 29.9. The Kier molecular flexibility index (Phi) is 9.46. The van der Waals surface area contributed by atoms with Crippen LogP contribution in [0.25, 0.3) is 22.3 Å². The molecule has 3 atom stereocenters. The van der Waals surface area contributed by atoms with E-state index in [9.17, 15) is 13.2 Å². The van der Waals surface area contributed by atoms with E-state index in [1.165, 1.54) is 13.0 Å². The lowest BCUT2D eigenvalue weighted by Crippen LogP contribution is -2.51. The van der Waals surface area contributed by atoms with Crippen LogP contribution in [0, 0.1) is 35.0 Å². The molecule has 0 saturated heterocycles. The smallest absolute Gasteiger partial charge is 0.284 e. The van der Waals surface area contributed by atoms with E-state index in [1.54, 1.807) is 30.3 Å². The molecule has 1 nitrogen and oxygen atoms in total. The van der Waals surface area contributed by atoms with Gasteiger partial charge in [-0.2, -0.15) is 0 Å². The van der Waals surface area contributed by atoms with Crippen LogP contribution in [0.15, 0.2) is 48.5 Å². The number of ether oxygens (including phenoxy) is 1. The molecule has 222 valence electrons. The van der Waals surface area contributed by atoms with E-state index < -0.39 is 69.6 Å². The van der Waals surface area contributed by atoms with Gasteiger partial charge in [-0.1, -0.05) is 82.0 Å². The fraction of sp³-hybridized carbons (Fsp3) is 0.438. The number of unbranched alkanes of at least 4 members (excludes halogenated alkanes) is 1. The van der Waals surface area contributed by atoms with Crippen molar-refractivity contribution in [3.05, 3.63) is 83.2 Å². The molecule has 3 aromatic rings. The summed E-state index contributed by atoms with van der Waals surface area (Å²) in [5, 5.41) is 0. The van der Waals surface area contributed by atoms with Crippen molar-refractivity contribution in [3.8, 4) is 22.3 Å². The average molecular weight is 585 g/mol. The molecular formula is C32H32F8O. The van der Waals surface area contributed by atoms with Gasteiger partial charge in [-0.05, 0) is 48.8 Å². The van der Waals surface area contributed by atoms with Crippen LogP contribution in [-0.2, 0) is 4.74 Å². The highest BCUT2D eigenvalue weighted by molar-refractivity contribution is 5.72. The summed E-state index contributed by atoms with van der Waals surface area (Å²) in [5.74, 6) is -10.9. The van der Waals surface area contributed by atoms with Gasteiger partial charge in [0.2, 0.25) is 0 Å². The molecule has 0 heterocycles. The molecular weight excluding hydrogens is 552 g/mol. The van der Waals surface area contributed by atoms with Gasteiger partial charge < -0.3 is 0 Å². The van der Waals surface area contributed by atoms with Crippen LogP contribution in [-0.4, -0.2) is 12.0 Å². The second-order valence-corrected chi connectivity index (χ2v) is 10.7. The van der Waals surface area contributed by atoms with Gasteiger partial charge in [0.1, 0.15) is 5.82 Å². The van der Waals surface area contributed by atoms with Crippen LogP contribution in [0.1, 0.15) is 76.7 Å². The predicted octanol–water partition coefficient (Wildman–Crippen LogP) is 10.9. The van der Waals surface area contributed by atoms with Crippen LogP contribution in [0.5, 0.6) is 0 Å². The molecule has 1 aliphatic rings. The summed E-state index contributed by atoms with van der Waals surface area (Å²) in [6.45, 7) is 3.27. The molecule has 1 saturated carbocycles. The molecule has 3 unspecified atom stereocenters. The van der Waals surface area contributed by atoms with E-state index in [-0.39, 0.29) is 12.8 Å². The fourth-order valence-corrected chi connectivity index (χ4v) is 6.47. The first-order valence-corrected chi connectivity index (χ1v) is 13.9. The Morgan fingerprint density at radius 2 is 1.51 bits per heavy atom. The molecule has 0 N–H and O–H groups in total. The minimum atomic E-state index is -5.15. The van der Waals surface area contributed by atoms with E-state index in [0.717, 1.165) is 12.1 Å². The highest BCUT2D eigenvalue weighted by Gasteiger charge is 2.55. The molecule has 0 amide bonds. The molecule has 3 aromatic carbocycles. The Bertz CT molecular complexity index is 1330. The standard InChI is InChI=1S/C32H32F8O/c1-3-5-13-21-14-9-10-17-31(21,41-32(38,39)40)23(4-2)26-29(36)27(34)25(28(35)30(26)37)22-16-15-20(18-24(22)33)19-11-7-6-8-12-19/h6-8,11-12,15-16,18,21,23H,3-5,9-10,13-14,17H2,1-2H3. The monoisotopic (exact) mass is 584 g/mol. The first-order chi connectivity index (χ1) is 19.4. The van der Waals surface area contributed by atoms with Gasteiger partial charge in [0, 0.05) is 17.0 Å². The minimum Gasteiger partial charge on any atom is -0.284 e. The Morgan fingerprint density at radius 1 is 0.854 bits per heavy atom. The second kappa shape index (κ2) is 12.5. The van der Waals surface area contributed by atoms with E-state index >= 15 is 22.0 Å². The van der Waals surface area contributed by atoms with E-state index in [0.29, 0.717) is 49.7 Å². The van der Waals surface area contributed by atoms with Gasteiger partial charge in [0.25, 0.3) is 0 Å². The highest BCUT2D eigenvalue weighted by atomic mass is 19.4. The van der Waals surface area contributed by atoms with E-state index in [1.807, 2.05) is 6.92 Å². The van der Waals surface area contributed by atoms with Crippen molar-refractivity contribution < 1.29 is 39.9 Å². The summed E-state index contributed by atoms with van der Waals surface area (Å²) in [5.41, 5.74) is -4.24. The number of hydrogen-bond acceptors (Lipinski definition) is 1. The summed E-state index contributed by atoms with van der Waals surface area (Å²) in [6.07, 6.45) is -2.88. The molecule has 0 spiro atoms. The van der Waals surface area contributed by atoms with Gasteiger partial charge in [0.05, 0.1) is 11.2 Å². The molecule has 1 aliphatic carbocycles. The van der Waals surface area contributed by atoms with Crippen LogP contribution in [0.2, 0.25) is 0 Å². The second-order valence-electron chi connectivity index (χ2n) is 10.7. The van der Waals surface area contributed by atoms with Crippen LogP contribution < -0.4 is 0 Å². The third-order valence-corrected chi connectivity index (χ3v) is 8.26. The Morgan fingerprint density at radius 3 is 2.07 bits per heavy atom. The first-order valence-electron chi connectivity index (χ1n) is 13.9. The molecule has 4 rings (SSSR count). The molecule has 0 bridgehead atoms. The molecule has 0 aromatic heterocycles. The summed E-state index contributed by atoms with van der Waals surface area (Å²) >= 11 is 0. The van der Waals surface area contributed by atoms with Crippen LogP contribution in [0.3, 0.4) is 0 Å². The molecule has 1 fully saturated rings. The molecule has 0 aliphatic heterocycles. The van der Waals surface area contributed by atoms with Crippen LogP contribution >= 0.6 is 0 Å². The number of hydrogen-bond donors (Lipinski definition) is 0. The summed E-state index contributed by atoms with van der Waals surface area (Å²) in [7, 11) is 0. The van der Waals surface area contributed by atoms with Gasteiger partial charge >= 0.3 is 6.36 Å². The van der Waals surface area contributed by atoms with Gasteiger partial charge in [0.15, 0.2) is 23.3 Å². The quantitative estimate of drug-likeness (QED) is 0.180. The van der Waals surface area contributed by atoms with Crippen LogP contribution in [0.4, 0.5) is 35.1 Å². The van der Waals surface area contributed by atoms with Crippen molar-refractivity contribution >= 4 is 0 Å². The Labute approximate surface area is 234 Å². The maximum absolute atomic E-state index is 15.8. The van der Waals surface area contributed by atoms with Crippen molar-refractivity contribution in [1.82, 2.24) is 0 Å². The maximum Gasteiger partial charge on any atom is 0.523 e. The summed E-state index contributed by atoms with van der Waals surface area (Å²) in [4.78, 5) is 0. The highest BCUT2D eigenvalue weighted by Crippen LogP contribution is 2.53. The van der Waals surface area contributed by atoms with Crippen molar-refractivity contribution in [2.45, 2.75) is 83.1 Å². The van der Waals surface area contributed by atoms with Crippen molar-refractivity contribution in [2.75, 3.05) is 0 Å². The zero-order valence-electron chi connectivity index (χ0n) is 22.9.